The number of ether oxygens (including phenoxy) is 1. The molecule has 2 aromatic rings. The van der Waals surface area contributed by atoms with E-state index in [1.54, 1.807) is 36.4 Å². The van der Waals surface area contributed by atoms with Gasteiger partial charge in [-0.1, -0.05) is 24.3 Å². The van der Waals surface area contributed by atoms with Crippen LogP contribution in [0.15, 0.2) is 48.5 Å². The maximum Gasteiger partial charge on any atom is 0.339 e. The average molecular weight is 285 g/mol. The number of carbonyl (C=O) groups is 2. The molecular formula is C16H15NO4. The Morgan fingerprint density at radius 3 is 2.62 bits per heavy atom. The molecule has 0 aliphatic carbocycles. The zero-order valence-electron chi connectivity index (χ0n) is 11.5. The fourth-order valence-electron chi connectivity index (χ4n) is 1.93. The van der Waals surface area contributed by atoms with E-state index < -0.39 is 5.97 Å². The molecule has 0 aliphatic rings. The van der Waals surface area contributed by atoms with Gasteiger partial charge in [-0.2, -0.15) is 0 Å². The molecule has 2 rings (SSSR count). The van der Waals surface area contributed by atoms with Crippen LogP contribution in [0.5, 0.6) is 5.75 Å². The van der Waals surface area contributed by atoms with Crippen molar-refractivity contribution in [2.75, 3.05) is 12.4 Å². The van der Waals surface area contributed by atoms with Crippen LogP contribution in [0.4, 0.5) is 5.69 Å². The van der Waals surface area contributed by atoms with Gasteiger partial charge in [-0.25, -0.2) is 4.79 Å². The summed E-state index contributed by atoms with van der Waals surface area (Å²) in [6.45, 7) is 0. The number of carbonyl (C=O) groups excluding carboxylic acids is 2. The number of phenolic OH excluding ortho intramolecular Hbond substituents is 1. The smallest absolute Gasteiger partial charge is 0.339 e. The van der Waals surface area contributed by atoms with Gasteiger partial charge in [-0.05, 0) is 29.8 Å². The van der Waals surface area contributed by atoms with Crippen LogP contribution in [0, 0.1) is 0 Å². The Labute approximate surface area is 122 Å². The van der Waals surface area contributed by atoms with Crippen molar-refractivity contribution in [2.24, 2.45) is 0 Å². The van der Waals surface area contributed by atoms with E-state index in [0.29, 0.717) is 16.8 Å². The van der Waals surface area contributed by atoms with Gasteiger partial charge in [0, 0.05) is 0 Å². The fourth-order valence-corrected chi connectivity index (χ4v) is 1.93. The van der Waals surface area contributed by atoms with Crippen molar-refractivity contribution >= 4 is 17.6 Å². The highest BCUT2D eigenvalue weighted by atomic mass is 16.5. The number of amides is 1. The second-order valence-corrected chi connectivity index (χ2v) is 4.43. The summed E-state index contributed by atoms with van der Waals surface area (Å²) in [6, 6.07) is 13.1. The van der Waals surface area contributed by atoms with E-state index >= 15 is 0 Å². The first-order chi connectivity index (χ1) is 10.1. The predicted octanol–water partition coefficient (Wildman–Crippen LogP) is 2.36. The first-order valence-electron chi connectivity index (χ1n) is 6.35. The lowest BCUT2D eigenvalue weighted by Gasteiger charge is -2.09. The summed E-state index contributed by atoms with van der Waals surface area (Å²) in [4.78, 5) is 23.6. The highest BCUT2D eigenvalue weighted by Gasteiger charge is 2.13. The number of hydrogen-bond acceptors (Lipinski definition) is 4. The summed E-state index contributed by atoms with van der Waals surface area (Å²) < 4.78 is 4.67. The number of phenols is 1. The number of para-hydroxylation sites is 1. The number of anilines is 1. The van der Waals surface area contributed by atoms with Crippen molar-refractivity contribution < 1.29 is 19.4 Å². The SMILES string of the molecule is COC(=O)c1ccccc1NC(=O)Cc1cccc(O)c1. The Morgan fingerprint density at radius 2 is 1.90 bits per heavy atom. The van der Waals surface area contributed by atoms with Gasteiger partial charge < -0.3 is 15.2 Å². The molecule has 0 aliphatic heterocycles. The molecule has 0 saturated heterocycles. The molecule has 0 heterocycles. The zero-order valence-corrected chi connectivity index (χ0v) is 11.5. The largest absolute Gasteiger partial charge is 0.508 e. The van der Waals surface area contributed by atoms with E-state index in [9.17, 15) is 14.7 Å². The van der Waals surface area contributed by atoms with Gasteiger partial charge in [-0.15, -0.1) is 0 Å². The molecule has 0 bridgehead atoms. The van der Waals surface area contributed by atoms with Crippen molar-refractivity contribution in [1.82, 2.24) is 0 Å². The number of aromatic hydroxyl groups is 1. The second-order valence-electron chi connectivity index (χ2n) is 4.43. The Balaban J connectivity index is 2.11. The number of methoxy groups -OCH3 is 1. The van der Waals surface area contributed by atoms with Crippen molar-refractivity contribution in [2.45, 2.75) is 6.42 Å². The Morgan fingerprint density at radius 1 is 1.14 bits per heavy atom. The summed E-state index contributed by atoms with van der Waals surface area (Å²) in [5, 5.41) is 12.0. The number of hydrogen-bond donors (Lipinski definition) is 2. The minimum Gasteiger partial charge on any atom is -0.508 e. The lowest BCUT2D eigenvalue weighted by Crippen LogP contribution is -2.17. The van der Waals surface area contributed by atoms with Crippen molar-refractivity contribution in [3.8, 4) is 5.75 Å². The van der Waals surface area contributed by atoms with E-state index in [1.165, 1.54) is 19.2 Å². The first kappa shape index (κ1) is 14.6. The molecule has 108 valence electrons. The minimum atomic E-state index is -0.511. The van der Waals surface area contributed by atoms with Gasteiger partial charge in [0.2, 0.25) is 5.91 Å². The maximum absolute atomic E-state index is 12.0. The Bertz CT molecular complexity index is 667. The van der Waals surface area contributed by atoms with Crippen LogP contribution in [0.2, 0.25) is 0 Å². The lowest BCUT2D eigenvalue weighted by atomic mass is 10.1. The van der Waals surface area contributed by atoms with Crippen LogP contribution in [-0.2, 0) is 16.0 Å². The summed E-state index contributed by atoms with van der Waals surface area (Å²) in [5.74, 6) is -0.685. The number of nitrogens with one attached hydrogen (secondary N) is 1. The average Bonchev–Trinajstić information content (AvgIpc) is 2.47. The molecule has 1 amide bonds. The van der Waals surface area contributed by atoms with Gasteiger partial charge in [0.05, 0.1) is 24.8 Å². The predicted molar refractivity (Wildman–Crippen MR) is 78.2 cm³/mol. The lowest BCUT2D eigenvalue weighted by molar-refractivity contribution is -0.115. The third-order valence-corrected chi connectivity index (χ3v) is 2.88. The van der Waals surface area contributed by atoms with E-state index in [0.717, 1.165) is 0 Å². The summed E-state index contributed by atoms with van der Waals surface area (Å²) in [6.07, 6.45) is 0.101. The molecular weight excluding hydrogens is 270 g/mol. The number of rotatable bonds is 4. The van der Waals surface area contributed by atoms with Gasteiger partial charge >= 0.3 is 5.97 Å². The highest BCUT2D eigenvalue weighted by Crippen LogP contribution is 2.17. The topological polar surface area (TPSA) is 75.6 Å². The fraction of sp³-hybridized carbons (Fsp3) is 0.125. The molecule has 2 N–H and O–H groups in total. The molecule has 2 aromatic carbocycles. The van der Waals surface area contributed by atoms with Crippen LogP contribution >= 0.6 is 0 Å². The summed E-state index contributed by atoms with van der Waals surface area (Å²) in [5.41, 5.74) is 1.38. The number of benzene rings is 2. The molecule has 5 heteroatoms. The van der Waals surface area contributed by atoms with Crippen LogP contribution in [0.3, 0.4) is 0 Å². The zero-order chi connectivity index (χ0) is 15.2. The van der Waals surface area contributed by atoms with Crippen LogP contribution in [0.25, 0.3) is 0 Å². The van der Waals surface area contributed by atoms with E-state index in [4.69, 9.17) is 0 Å². The van der Waals surface area contributed by atoms with Gasteiger partial charge in [0.15, 0.2) is 0 Å². The number of esters is 1. The molecule has 5 nitrogen and oxygen atoms in total. The monoisotopic (exact) mass is 285 g/mol. The van der Waals surface area contributed by atoms with Crippen LogP contribution < -0.4 is 5.32 Å². The van der Waals surface area contributed by atoms with E-state index in [2.05, 4.69) is 10.1 Å². The molecule has 0 atom stereocenters. The third-order valence-electron chi connectivity index (χ3n) is 2.88. The normalized spacial score (nSPS) is 9.95. The van der Waals surface area contributed by atoms with Crippen molar-refractivity contribution in [1.29, 1.82) is 0 Å². The van der Waals surface area contributed by atoms with Crippen molar-refractivity contribution in [3.05, 3.63) is 59.7 Å². The van der Waals surface area contributed by atoms with Crippen LogP contribution in [0.1, 0.15) is 15.9 Å². The minimum absolute atomic E-state index is 0.101. The van der Waals surface area contributed by atoms with Crippen LogP contribution in [-0.4, -0.2) is 24.1 Å². The maximum atomic E-state index is 12.0. The highest BCUT2D eigenvalue weighted by molar-refractivity contribution is 6.01. The summed E-state index contributed by atoms with van der Waals surface area (Å²) in [7, 11) is 1.29. The molecule has 0 fully saturated rings. The molecule has 0 spiro atoms. The van der Waals surface area contributed by atoms with E-state index in [1.807, 2.05) is 0 Å². The molecule has 0 saturated carbocycles. The molecule has 0 radical (unpaired) electrons. The quantitative estimate of drug-likeness (QED) is 0.846. The molecule has 21 heavy (non-hydrogen) atoms. The second kappa shape index (κ2) is 6.56. The Hall–Kier alpha value is -2.82. The summed E-state index contributed by atoms with van der Waals surface area (Å²) >= 11 is 0. The molecule has 0 unspecified atom stereocenters. The Kier molecular flexibility index (Phi) is 4.56. The first-order valence-corrected chi connectivity index (χ1v) is 6.35. The van der Waals surface area contributed by atoms with Gasteiger partial charge in [0.25, 0.3) is 0 Å². The van der Waals surface area contributed by atoms with E-state index in [-0.39, 0.29) is 18.1 Å². The standard InChI is InChI=1S/C16H15NO4/c1-21-16(20)13-7-2-3-8-14(13)17-15(19)10-11-5-4-6-12(18)9-11/h2-9,18H,10H2,1H3,(H,17,19). The van der Waals surface area contributed by atoms with Crippen molar-refractivity contribution in [3.63, 3.8) is 0 Å². The van der Waals surface area contributed by atoms with Gasteiger partial charge in [0.1, 0.15) is 5.75 Å². The van der Waals surface area contributed by atoms with Gasteiger partial charge in [-0.3, -0.25) is 4.79 Å². The molecule has 0 aromatic heterocycles. The third kappa shape index (κ3) is 3.82.